The number of Topliss-reactive ketones (excluding diaryl/α,β-unsaturated/α-hetero) is 1. The van der Waals surface area contributed by atoms with Gasteiger partial charge in [0.2, 0.25) is 0 Å². The van der Waals surface area contributed by atoms with E-state index in [-0.39, 0.29) is 11.7 Å². The first-order valence-electron chi connectivity index (χ1n) is 7.73. The lowest BCUT2D eigenvalue weighted by molar-refractivity contribution is 0.0981. The number of nitrogens with zero attached hydrogens (tertiary/aromatic N) is 1. The van der Waals surface area contributed by atoms with Gasteiger partial charge >= 0.3 is 0 Å². The minimum Gasteiger partial charge on any atom is -0.496 e. The fraction of sp³-hybridized carbons (Fsp3) is 0.263. The maximum atomic E-state index is 13.1. The van der Waals surface area contributed by atoms with Gasteiger partial charge in [-0.2, -0.15) is 0 Å². The molecule has 0 atom stereocenters. The fourth-order valence-electron chi connectivity index (χ4n) is 3.03. The zero-order valence-corrected chi connectivity index (χ0v) is 14.0. The Labute approximate surface area is 140 Å². The number of carbonyl (C=O) groups is 2. The van der Waals surface area contributed by atoms with Crippen LogP contribution in [0, 0.1) is 0 Å². The Morgan fingerprint density at radius 1 is 1.04 bits per heavy atom. The summed E-state index contributed by atoms with van der Waals surface area (Å²) >= 11 is 0. The molecule has 0 saturated carbocycles. The van der Waals surface area contributed by atoms with Gasteiger partial charge in [-0.3, -0.25) is 9.59 Å². The molecule has 0 saturated heterocycles. The number of ketones is 1. The molecule has 0 aromatic heterocycles. The molecule has 0 unspecified atom stereocenters. The van der Waals surface area contributed by atoms with Crippen LogP contribution in [0.15, 0.2) is 36.4 Å². The summed E-state index contributed by atoms with van der Waals surface area (Å²) in [4.78, 5) is 26.3. The number of carbonyl (C=O) groups excluding carboxylic acids is 2. The maximum absolute atomic E-state index is 13.1. The SMILES string of the molecule is COc1cccc(OC)c1C(=O)N1CCc2cc(C(C)=O)ccc21. The fourth-order valence-corrected chi connectivity index (χ4v) is 3.03. The predicted molar refractivity (Wildman–Crippen MR) is 91.4 cm³/mol. The van der Waals surface area contributed by atoms with Crippen molar-refractivity contribution in [3.8, 4) is 11.5 Å². The number of fused-ring (bicyclic) bond motifs is 1. The second-order valence-electron chi connectivity index (χ2n) is 5.64. The Hall–Kier alpha value is -2.82. The molecule has 5 heteroatoms. The first-order valence-corrected chi connectivity index (χ1v) is 7.73. The van der Waals surface area contributed by atoms with Gasteiger partial charge in [0.05, 0.1) is 14.2 Å². The monoisotopic (exact) mass is 325 g/mol. The smallest absolute Gasteiger partial charge is 0.265 e. The van der Waals surface area contributed by atoms with E-state index in [1.54, 1.807) is 36.1 Å². The summed E-state index contributed by atoms with van der Waals surface area (Å²) in [5, 5.41) is 0. The first-order chi connectivity index (χ1) is 11.6. The van der Waals surface area contributed by atoms with Crippen molar-refractivity contribution >= 4 is 17.4 Å². The summed E-state index contributed by atoms with van der Waals surface area (Å²) in [7, 11) is 3.06. The minimum absolute atomic E-state index is 0.0222. The van der Waals surface area contributed by atoms with Crippen LogP contribution in [0.3, 0.4) is 0 Å². The van der Waals surface area contributed by atoms with Gasteiger partial charge in [0.25, 0.3) is 5.91 Å². The summed E-state index contributed by atoms with van der Waals surface area (Å²) in [6, 6.07) is 10.7. The molecule has 2 aromatic carbocycles. The highest BCUT2D eigenvalue weighted by atomic mass is 16.5. The van der Waals surface area contributed by atoms with Crippen LogP contribution in [0.4, 0.5) is 5.69 Å². The third kappa shape index (κ3) is 2.62. The highest BCUT2D eigenvalue weighted by molar-refractivity contribution is 6.11. The van der Waals surface area contributed by atoms with Gasteiger partial charge in [-0.15, -0.1) is 0 Å². The molecular formula is C19H19NO4. The zero-order chi connectivity index (χ0) is 17.3. The van der Waals surface area contributed by atoms with E-state index in [0.29, 0.717) is 29.2 Å². The number of rotatable bonds is 4. The van der Waals surface area contributed by atoms with E-state index in [1.165, 1.54) is 14.2 Å². The van der Waals surface area contributed by atoms with E-state index in [2.05, 4.69) is 0 Å². The lowest BCUT2D eigenvalue weighted by atomic mass is 10.1. The molecule has 24 heavy (non-hydrogen) atoms. The molecule has 1 aliphatic rings. The average Bonchev–Trinajstić information content (AvgIpc) is 3.03. The number of benzene rings is 2. The van der Waals surface area contributed by atoms with Gasteiger partial charge in [0, 0.05) is 17.8 Å². The van der Waals surface area contributed by atoms with E-state index in [1.807, 2.05) is 12.1 Å². The van der Waals surface area contributed by atoms with Crippen molar-refractivity contribution in [1.82, 2.24) is 0 Å². The third-order valence-corrected chi connectivity index (χ3v) is 4.27. The lowest BCUT2D eigenvalue weighted by Gasteiger charge is -2.20. The molecule has 0 radical (unpaired) electrons. The number of hydrogen-bond acceptors (Lipinski definition) is 4. The summed E-state index contributed by atoms with van der Waals surface area (Å²) < 4.78 is 10.7. The Morgan fingerprint density at radius 3 is 2.29 bits per heavy atom. The van der Waals surface area contributed by atoms with Crippen molar-refractivity contribution in [2.75, 3.05) is 25.7 Å². The number of hydrogen-bond donors (Lipinski definition) is 0. The van der Waals surface area contributed by atoms with Crippen molar-refractivity contribution in [3.63, 3.8) is 0 Å². The van der Waals surface area contributed by atoms with Crippen LogP contribution >= 0.6 is 0 Å². The third-order valence-electron chi connectivity index (χ3n) is 4.27. The van der Waals surface area contributed by atoms with Crippen molar-refractivity contribution in [1.29, 1.82) is 0 Å². The Kier molecular flexibility index (Phi) is 4.25. The molecule has 3 rings (SSSR count). The highest BCUT2D eigenvalue weighted by Gasteiger charge is 2.30. The molecule has 0 fully saturated rings. The standard InChI is InChI=1S/C19H19NO4/c1-12(21)13-7-8-15-14(11-13)9-10-20(15)19(22)18-16(23-2)5-4-6-17(18)24-3/h4-8,11H,9-10H2,1-3H3. The Balaban J connectivity index is 2.01. The van der Waals surface area contributed by atoms with Crippen LogP contribution in [0.1, 0.15) is 33.2 Å². The van der Waals surface area contributed by atoms with Crippen LogP contribution < -0.4 is 14.4 Å². The highest BCUT2D eigenvalue weighted by Crippen LogP contribution is 2.35. The van der Waals surface area contributed by atoms with Crippen LogP contribution in [-0.2, 0) is 6.42 Å². The molecule has 2 aromatic rings. The molecule has 1 amide bonds. The van der Waals surface area contributed by atoms with Crippen LogP contribution in [0.2, 0.25) is 0 Å². The molecule has 1 heterocycles. The zero-order valence-electron chi connectivity index (χ0n) is 14.0. The topological polar surface area (TPSA) is 55.8 Å². The molecule has 0 spiro atoms. The van der Waals surface area contributed by atoms with E-state index < -0.39 is 0 Å². The predicted octanol–water partition coefficient (Wildman–Crippen LogP) is 3.11. The second-order valence-corrected chi connectivity index (χ2v) is 5.64. The van der Waals surface area contributed by atoms with Crippen LogP contribution in [0.5, 0.6) is 11.5 Å². The van der Waals surface area contributed by atoms with Crippen LogP contribution in [-0.4, -0.2) is 32.5 Å². The van der Waals surface area contributed by atoms with Crippen molar-refractivity contribution < 1.29 is 19.1 Å². The van der Waals surface area contributed by atoms with Gasteiger partial charge in [0.15, 0.2) is 5.78 Å². The van der Waals surface area contributed by atoms with E-state index in [4.69, 9.17) is 9.47 Å². The molecule has 0 aliphatic carbocycles. The van der Waals surface area contributed by atoms with Crippen molar-refractivity contribution in [2.45, 2.75) is 13.3 Å². The van der Waals surface area contributed by atoms with Crippen molar-refractivity contribution in [3.05, 3.63) is 53.1 Å². The summed E-state index contributed by atoms with van der Waals surface area (Å²) in [6.45, 7) is 2.11. The minimum atomic E-state index is -0.168. The largest absolute Gasteiger partial charge is 0.496 e. The number of ether oxygens (including phenoxy) is 2. The maximum Gasteiger partial charge on any atom is 0.265 e. The normalized spacial score (nSPS) is 12.7. The van der Waals surface area contributed by atoms with Gasteiger partial charge in [0.1, 0.15) is 17.1 Å². The summed E-state index contributed by atoms with van der Waals surface area (Å²) in [5.74, 6) is 0.814. The van der Waals surface area contributed by atoms with Crippen LogP contribution in [0.25, 0.3) is 0 Å². The summed E-state index contributed by atoms with van der Waals surface area (Å²) in [6.07, 6.45) is 0.722. The van der Waals surface area contributed by atoms with E-state index in [0.717, 1.165) is 17.7 Å². The molecule has 0 bridgehead atoms. The summed E-state index contributed by atoms with van der Waals surface area (Å²) in [5.41, 5.74) is 2.91. The molecule has 124 valence electrons. The number of amides is 1. The van der Waals surface area contributed by atoms with E-state index >= 15 is 0 Å². The average molecular weight is 325 g/mol. The first kappa shape index (κ1) is 16.1. The molecule has 0 N–H and O–H groups in total. The van der Waals surface area contributed by atoms with Gasteiger partial charge in [-0.25, -0.2) is 0 Å². The van der Waals surface area contributed by atoms with Gasteiger partial charge < -0.3 is 14.4 Å². The number of methoxy groups -OCH3 is 2. The lowest BCUT2D eigenvalue weighted by Crippen LogP contribution is -2.29. The Morgan fingerprint density at radius 2 is 1.71 bits per heavy atom. The molecule has 5 nitrogen and oxygen atoms in total. The molecule has 1 aliphatic heterocycles. The van der Waals surface area contributed by atoms with E-state index in [9.17, 15) is 9.59 Å². The van der Waals surface area contributed by atoms with Gasteiger partial charge in [-0.1, -0.05) is 6.07 Å². The second kappa shape index (κ2) is 6.35. The Bertz CT molecular complexity index is 791. The quantitative estimate of drug-likeness (QED) is 0.811. The number of anilines is 1. The van der Waals surface area contributed by atoms with Gasteiger partial charge in [-0.05, 0) is 49.2 Å². The molecular weight excluding hydrogens is 306 g/mol. The van der Waals surface area contributed by atoms with Crippen molar-refractivity contribution in [2.24, 2.45) is 0 Å².